The Kier molecular flexibility index (Phi) is 2.60. The van der Waals surface area contributed by atoms with E-state index in [0.29, 0.717) is 0 Å². The zero-order valence-electron chi connectivity index (χ0n) is 11.8. The normalized spacial score (nSPS) is 32.6. The number of para-hydroxylation sites is 1. The lowest BCUT2D eigenvalue weighted by Gasteiger charge is -2.49. The molecule has 2 atom stereocenters. The van der Waals surface area contributed by atoms with E-state index in [1.807, 2.05) is 11.0 Å². The van der Waals surface area contributed by atoms with E-state index in [1.165, 1.54) is 24.5 Å². The summed E-state index contributed by atoms with van der Waals surface area (Å²) in [7, 11) is 0. The predicted octanol–water partition coefficient (Wildman–Crippen LogP) is 3.81. The Balaban J connectivity index is 2.25. The Hall–Kier alpha value is -1.57. The van der Waals surface area contributed by atoms with Crippen molar-refractivity contribution in [2.75, 3.05) is 4.90 Å². The van der Waals surface area contributed by atoms with E-state index in [4.69, 9.17) is 0 Å². The topological polar surface area (TPSA) is 20.3 Å². The van der Waals surface area contributed by atoms with Gasteiger partial charge < -0.3 is 4.90 Å². The van der Waals surface area contributed by atoms with E-state index in [0.717, 1.165) is 18.5 Å². The summed E-state index contributed by atoms with van der Waals surface area (Å²) in [4.78, 5) is 14.4. The summed E-state index contributed by atoms with van der Waals surface area (Å²) in [6.45, 7) is 8.24. The largest absolute Gasteiger partial charge is 0.302 e. The number of carbonyl (C=O) groups excluding carboxylic acids is 1. The number of anilines is 1. The van der Waals surface area contributed by atoms with E-state index in [-0.39, 0.29) is 16.9 Å². The van der Waals surface area contributed by atoms with Gasteiger partial charge >= 0.3 is 0 Å². The highest BCUT2D eigenvalue weighted by atomic mass is 16.2. The first-order valence-electron chi connectivity index (χ1n) is 7.11. The second kappa shape index (κ2) is 3.96. The second-order valence-corrected chi connectivity index (χ2v) is 6.21. The highest BCUT2D eigenvalue weighted by Crippen LogP contribution is 2.58. The molecule has 0 aromatic heterocycles. The molecule has 100 valence electrons. The zero-order valence-corrected chi connectivity index (χ0v) is 11.8. The van der Waals surface area contributed by atoms with Crippen LogP contribution in [0.5, 0.6) is 0 Å². The summed E-state index contributed by atoms with van der Waals surface area (Å²) in [6.07, 6.45) is 6.11. The van der Waals surface area contributed by atoms with Crippen LogP contribution in [0.1, 0.15) is 45.1 Å². The second-order valence-electron chi connectivity index (χ2n) is 6.21. The summed E-state index contributed by atoms with van der Waals surface area (Å²) >= 11 is 0. The molecule has 0 N–H and O–H groups in total. The van der Waals surface area contributed by atoms with Gasteiger partial charge in [0, 0.05) is 11.1 Å². The van der Waals surface area contributed by atoms with Crippen LogP contribution in [-0.4, -0.2) is 11.4 Å². The molecule has 1 aliphatic carbocycles. The van der Waals surface area contributed by atoms with E-state index >= 15 is 0 Å². The van der Waals surface area contributed by atoms with Crippen molar-refractivity contribution in [2.45, 2.75) is 50.5 Å². The van der Waals surface area contributed by atoms with E-state index in [9.17, 15) is 4.79 Å². The molecule has 1 fully saturated rings. The number of nitrogens with zero attached hydrogens (tertiary/aromatic N) is 1. The van der Waals surface area contributed by atoms with Crippen LogP contribution in [0.15, 0.2) is 36.9 Å². The first-order valence-corrected chi connectivity index (χ1v) is 7.11. The van der Waals surface area contributed by atoms with Crippen LogP contribution in [0.25, 0.3) is 0 Å². The lowest BCUT2D eigenvalue weighted by molar-refractivity contribution is -0.115. The fraction of sp³-hybridized carbons (Fsp3) is 0.471. The number of hydrogen-bond donors (Lipinski definition) is 0. The van der Waals surface area contributed by atoms with Crippen molar-refractivity contribution < 1.29 is 4.79 Å². The molecule has 19 heavy (non-hydrogen) atoms. The molecule has 1 aromatic carbocycles. The van der Waals surface area contributed by atoms with Crippen LogP contribution in [0.3, 0.4) is 0 Å². The van der Waals surface area contributed by atoms with Crippen LogP contribution in [-0.2, 0) is 10.2 Å². The average Bonchev–Trinajstić information content (AvgIpc) is 2.63. The number of hydrogen-bond acceptors (Lipinski definition) is 1. The number of benzene rings is 1. The highest BCUT2D eigenvalue weighted by molar-refractivity contribution is 6.04. The van der Waals surface area contributed by atoms with Gasteiger partial charge in [0.15, 0.2) is 0 Å². The highest BCUT2D eigenvalue weighted by Gasteiger charge is 2.58. The molecule has 0 saturated heterocycles. The first-order chi connectivity index (χ1) is 9.04. The Morgan fingerprint density at radius 3 is 2.68 bits per heavy atom. The molecule has 1 aromatic rings. The lowest BCUT2D eigenvalue weighted by atomic mass is 9.61. The van der Waals surface area contributed by atoms with Crippen molar-refractivity contribution in [3.05, 3.63) is 42.5 Å². The fourth-order valence-corrected chi connectivity index (χ4v) is 4.13. The molecule has 1 saturated carbocycles. The Bertz CT molecular complexity index is 550. The SMILES string of the molecule is C=CC(=O)N1c2ccccc2C2(C)CCCCC12C. The molecule has 0 radical (unpaired) electrons. The third-order valence-electron chi connectivity index (χ3n) is 5.41. The van der Waals surface area contributed by atoms with Gasteiger partial charge in [-0.1, -0.05) is 44.5 Å². The van der Waals surface area contributed by atoms with Crippen LogP contribution >= 0.6 is 0 Å². The Morgan fingerprint density at radius 1 is 1.26 bits per heavy atom. The molecule has 0 bridgehead atoms. The van der Waals surface area contributed by atoms with Crippen LogP contribution in [0.2, 0.25) is 0 Å². The van der Waals surface area contributed by atoms with Gasteiger partial charge in [0.1, 0.15) is 0 Å². The van der Waals surface area contributed by atoms with Crippen LogP contribution < -0.4 is 4.90 Å². The van der Waals surface area contributed by atoms with Crippen molar-refractivity contribution in [1.29, 1.82) is 0 Å². The van der Waals surface area contributed by atoms with E-state index < -0.39 is 0 Å². The number of amides is 1. The van der Waals surface area contributed by atoms with Crippen LogP contribution in [0.4, 0.5) is 5.69 Å². The fourth-order valence-electron chi connectivity index (χ4n) is 4.13. The standard InChI is InChI=1S/C17H21NO/c1-4-15(19)18-14-10-6-5-9-13(14)16(2)11-7-8-12-17(16,18)3/h4-6,9-10H,1,7-8,11-12H2,2-3H3. The van der Waals surface area contributed by atoms with Gasteiger partial charge in [0.2, 0.25) is 0 Å². The summed E-state index contributed by atoms with van der Waals surface area (Å²) in [6, 6.07) is 8.37. The minimum atomic E-state index is -0.111. The number of rotatable bonds is 1. The minimum Gasteiger partial charge on any atom is -0.302 e. The molecule has 1 amide bonds. The molecule has 1 aliphatic heterocycles. The minimum absolute atomic E-state index is 0.0283. The van der Waals surface area contributed by atoms with Gasteiger partial charge in [-0.3, -0.25) is 4.79 Å². The van der Waals surface area contributed by atoms with Gasteiger partial charge in [-0.2, -0.15) is 0 Å². The van der Waals surface area contributed by atoms with Crippen molar-refractivity contribution >= 4 is 11.6 Å². The van der Waals surface area contributed by atoms with Crippen molar-refractivity contribution in [3.8, 4) is 0 Å². The number of fused-ring (bicyclic) bond motifs is 3. The maximum atomic E-state index is 12.4. The van der Waals surface area contributed by atoms with Crippen molar-refractivity contribution in [1.82, 2.24) is 0 Å². The maximum Gasteiger partial charge on any atom is 0.250 e. The van der Waals surface area contributed by atoms with Gasteiger partial charge in [0.25, 0.3) is 5.91 Å². The first kappa shape index (κ1) is 12.5. The summed E-state index contributed by atoms with van der Waals surface area (Å²) in [5.74, 6) is 0.0283. The molecule has 3 rings (SSSR count). The predicted molar refractivity (Wildman–Crippen MR) is 78.4 cm³/mol. The third-order valence-corrected chi connectivity index (χ3v) is 5.41. The van der Waals surface area contributed by atoms with Gasteiger partial charge in [-0.25, -0.2) is 0 Å². The quantitative estimate of drug-likeness (QED) is 0.699. The Labute approximate surface area is 115 Å². The molecule has 2 unspecified atom stereocenters. The van der Waals surface area contributed by atoms with Gasteiger partial charge in [0.05, 0.1) is 5.54 Å². The van der Waals surface area contributed by atoms with Crippen molar-refractivity contribution in [3.63, 3.8) is 0 Å². The third kappa shape index (κ3) is 1.40. The van der Waals surface area contributed by atoms with Crippen LogP contribution in [0, 0.1) is 0 Å². The van der Waals surface area contributed by atoms with E-state index in [1.54, 1.807) is 0 Å². The van der Waals surface area contributed by atoms with Crippen molar-refractivity contribution in [2.24, 2.45) is 0 Å². The monoisotopic (exact) mass is 255 g/mol. The summed E-state index contributed by atoms with van der Waals surface area (Å²) < 4.78 is 0. The summed E-state index contributed by atoms with van der Waals surface area (Å²) in [5.41, 5.74) is 2.37. The van der Waals surface area contributed by atoms with Gasteiger partial charge in [-0.15, -0.1) is 0 Å². The maximum absolute atomic E-state index is 12.4. The molecule has 2 heteroatoms. The summed E-state index contributed by atoms with van der Waals surface area (Å²) in [5, 5.41) is 0. The number of carbonyl (C=O) groups is 1. The molecular formula is C17H21NO. The zero-order chi connectivity index (χ0) is 13.7. The molecule has 0 spiro atoms. The molecular weight excluding hydrogens is 234 g/mol. The lowest BCUT2D eigenvalue weighted by Crippen LogP contribution is -2.58. The smallest absolute Gasteiger partial charge is 0.250 e. The van der Waals surface area contributed by atoms with Gasteiger partial charge in [-0.05, 0) is 37.5 Å². The van der Waals surface area contributed by atoms with E-state index in [2.05, 4.69) is 38.6 Å². The molecule has 1 heterocycles. The molecule has 2 aliphatic rings. The Morgan fingerprint density at radius 2 is 1.95 bits per heavy atom. The molecule has 2 nitrogen and oxygen atoms in total. The average molecular weight is 255 g/mol.